The summed E-state index contributed by atoms with van der Waals surface area (Å²) in [5.41, 5.74) is 2.31. The summed E-state index contributed by atoms with van der Waals surface area (Å²) in [5, 5.41) is 4.34. The normalized spacial score (nSPS) is 10.7. The molecule has 0 aliphatic rings. The molecule has 0 bridgehead atoms. The number of para-hydroxylation sites is 1. The third kappa shape index (κ3) is 2.85. The van der Waals surface area contributed by atoms with E-state index in [2.05, 4.69) is 15.1 Å². The van der Waals surface area contributed by atoms with E-state index in [1.165, 1.54) is 7.11 Å². The van der Waals surface area contributed by atoms with Gasteiger partial charge in [0.2, 0.25) is 5.95 Å². The van der Waals surface area contributed by atoms with Crippen molar-refractivity contribution in [2.75, 3.05) is 19.1 Å². The second-order valence-electron chi connectivity index (χ2n) is 5.12. The molecular weight excluding hydrogens is 294 g/mol. The molecule has 0 unspecified atom stereocenters. The van der Waals surface area contributed by atoms with Crippen molar-refractivity contribution in [2.24, 2.45) is 0 Å². The van der Waals surface area contributed by atoms with E-state index in [9.17, 15) is 4.79 Å². The number of aromatic nitrogens is 4. The third-order valence-electron chi connectivity index (χ3n) is 3.54. The van der Waals surface area contributed by atoms with Gasteiger partial charge in [0.1, 0.15) is 5.82 Å². The summed E-state index contributed by atoms with van der Waals surface area (Å²) in [4.78, 5) is 22.4. The first kappa shape index (κ1) is 15.0. The molecule has 0 atom stereocenters. The van der Waals surface area contributed by atoms with Crippen LogP contribution in [-0.4, -0.2) is 39.7 Å². The maximum Gasteiger partial charge on any atom is 0.310 e. The van der Waals surface area contributed by atoms with Crippen molar-refractivity contribution in [3.63, 3.8) is 0 Å². The number of aryl methyl sites for hydroxylation is 1. The SMILES string of the molecule is COC(=O)Cc1cnn2c(N(C)c3ccccc3)nc(C)nc12. The molecule has 0 N–H and O–H groups in total. The first-order valence-electron chi connectivity index (χ1n) is 7.17. The van der Waals surface area contributed by atoms with Crippen molar-refractivity contribution in [1.29, 1.82) is 0 Å². The molecule has 7 nitrogen and oxygen atoms in total. The average Bonchev–Trinajstić information content (AvgIpc) is 2.96. The zero-order chi connectivity index (χ0) is 16.4. The van der Waals surface area contributed by atoms with Crippen molar-refractivity contribution < 1.29 is 9.53 Å². The first-order chi connectivity index (χ1) is 11.1. The molecule has 0 amide bonds. The Labute approximate surface area is 133 Å². The minimum absolute atomic E-state index is 0.130. The number of nitrogens with zero attached hydrogens (tertiary/aromatic N) is 5. The van der Waals surface area contributed by atoms with E-state index >= 15 is 0 Å². The van der Waals surface area contributed by atoms with E-state index < -0.39 is 0 Å². The number of anilines is 2. The number of methoxy groups -OCH3 is 1. The van der Waals surface area contributed by atoms with E-state index in [1.807, 2.05) is 49.2 Å². The van der Waals surface area contributed by atoms with Crippen molar-refractivity contribution >= 4 is 23.3 Å². The lowest BCUT2D eigenvalue weighted by atomic mass is 10.2. The molecule has 0 radical (unpaired) electrons. The molecule has 0 saturated heterocycles. The van der Waals surface area contributed by atoms with Crippen LogP contribution in [0.15, 0.2) is 36.5 Å². The lowest BCUT2D eigenvalue weighted by molar-refractivity contribution is -0.139. The maximum atomic E-state index is 11.5. The maximum absolute atomic E-state index is 11.5. The molecule has 1 aromatic carbocycles. The van der Waals surface area contributed by atoms with Crippen LogP contribution in [0.3, 0.4) is 0 Å². The zero-order valence-electron chi connectivity index (χ0n) is 13.2. The van der Waals surface area contributed by atoms with Crippen LogP contribution in [0.2, 0.25) is 0 Å². The minimum Gasteiger partial charge on any atom is -0.469 e. The van der Waals surface area contributed by atoms with Gasteiger partial charge in [-0.1, -0.05) is 18.2 Å². The Bertz CT molecular complexity index is 844. The molecule has 3 aromatic rings. The van der Waals surface area contributed by atoms with Gasteiger partial charge in [-0.3, -0.25) is 4.79 Å². The van der Waals surface area contributed by atoms with Gasteiger partial charge in [-0.2, -0.15) is 14.6 Å². The van der Waals surface area contributed by atoms with Gasteiger partial charge < -0.3 is 9.64 Å². The lowest BCUT2D eigenvalue weighted by Gasteiger charge is -2.19. The van der Waals surface area contributed by atoms with Crippen LogP contribution in [-0.2, 0) is 16.0 Å². The van der Waals surface area contributed by atoms with E-state index in [0.717, 1.165) is 5.69 Å². The van der Waals surface area contributed by atoms with Crippen LogP contribution in [0.4, 0.5) is 11.6 Å². The van der Waals surface area contributed by atoms with Gasteiger partial charge in [0.25, 0.3) is 0 Å². The Morgan fingerprint density at radius 3 is 2.70 bits per heavy atom. The number of esters is 1. The third-order valence-corrected chi connectivity index (χ3v) is 3.54. The Morgan fingerprint density at radius 2 is 2.00 bits per heavy atom. The van der Waals surface area contributed by atoms with Crippen LogP contribution in [0.25, 0.3) is 5.65 Å². The molecule has 0 fully saturated rings. The number of carbonyl (C=O) groups is 1. The highest BCUT2D eigenvalue weighted by Gasteiger charge is 2.17. The topological polar surface area (TPSA) is 72.6 Å². The number of hydrogen-bond donors (Lipinski definition) is 0. The lowest BCUT2D eigenvalue weighted by Crippen LogP contribution is -2.17. The van der Waals surface area contributed by atoms with Crippen molar-refractivity contribution in [2.45, 2.75) is 13.3 Å². The van der Waals surface area contributed by atoms with E-state index in [4.69, 9.17) is 4.74 Å². The summed E-state index contributed by atoms with van der Waals surface area (Å²) in [6.45, 7) is 1.82. The Kier molecular flexibility index (Phi) is 3.92. The van der Waals surface area contributed by atoms with Gasteiger partial charge in [0.05, 0.1) is 19.7 Å². The number of benzene rings is 1. The van der Waals surface area contributed by atoms with E-state index in [0.29, 0.717) is 23.0 Å². The molecule has 2 aromatic heterocycles. The smallest absolute Gasteiger partial charge is 0.310 e. The van der Waals surface area contributed by atoms with Gasteiger partial charge >= 0.3 is 5.97 Å². The molecule has 0 aliphatic heterocycles. The van der Waals surface area contributed by atoms with Crippen molar-refractivity contribution in [3.05, 3.63) is 47.9 Å². The number of ether oxygens (including phenoxy) is 1. The predicted octanol–water partition coefficient (Wildman–Crippen LogP) is 1.92. The average molecular weight is 311 g/mol. The molecule has 0 spiro atoms. The quantitative estimate of drug-likeness (QED) is 0.685. The van der Waals surface area contributed by atoms with Crippen molar-refractivity contribution in [3.8, 4) is 0 Å². The van der Waals surface area contributed by atoms with Gasteiger partial charge in [-0.25, -0.2) is 4.98 Å². The fourth-order valence-electron chi connectivity index (χ4n) is 2.35. The highest BCUT2D eigenvalue weighted by molar-refractivity contribution is 5.75. The fourth-order valence-corrected chi connectivity index (χ4v) is 2.35. The summed E-state index contributed by atoms with van der Waals surface area (Å²) in [6, 6.07) is 9.86. The molecule has 0 saturated carbocycles. The van der Waals surface area contributed by atoms with Crippen LogP contribution < -0.4 is 4.90 Å². The monoisotopic (exact) mass is 311 g/mol. The van der Waals surface area contributed by atoms with Gasteiger partial charge in [-0.15, -0.1) is 0 Å². The molecule has 2 heterocycles. The van der Waals surface area contributed by atoms with Crippen LogP contribution in [0, 0.1) is 6.92 Å². The zero-order valence-corrected chi connectivity index (χ0v) is 13.2. The van der Waals surface area contributed by atoms with Gasteiger partial charge in [-0.05, 0) is 19.1 Å². The second kappa shape index (κ2) is 6.04. The highest BCUT2D eigenvalue weighted by Crippen LogP contribution is 2.23. The van der Waals surface area contributed by atoms with Crippen LogP contribution >= 0.6 is 0 Å². The molecule has 118 valence electrons. The molecule has 0 aliphatic carbocycles. The minimum atomic E-state index is -0.325. The number of hydrogen-bond acceptors (Lipinski definition) is 6. The van der Waals surface area contributed by atoms with E-state index in [-0.39, 0.29) is 12.4 Å². The molecule has 7 heteroatoms. The highest BCUT2D eigenvalue weighted by atomic mass is 16.5. The Hall–Kier alpha value is -2.96. The molecular formula is C16H17N5O2. The largest absolute Gasteiger partial charge is 0.469 e. The number of carbonyl (C=O) groups excluding carboxylic acids is 1. The summed E-state index contributed by atoms with van der Waals surface area (Å²) < 4.78 is 6.36. The van der Waals surface area contributed by atoms with Gasteiger partial charge in [0, 0.05) is 18.3 Å². The molecule has 23 heavy (non-hydrogen) atoms. The summed E-state index contributed by atoms with van der Waals surface area (Å²) in [6.07, 6.45) is 1.76. The van der Waals surface area contributed by atoms with Crippen LogP contribution in [0.1, 0.15) is 11.4 Å². The number of rotatable bonds is 4. The molecule has 3 rings (SSSR count). The van der Waals surface area contributed by atoms with Gasteiger partial charge in [0.15, 0.2) is 5.65 Å². The predicted molar refractivity (Wildman–Crippen MR) is 85.7 cm³/mol. The second-order valence-corrected chi connectivity index (χ2v) is 5.12. The first-order valence-corrected chi connectivity index (χ1v) is 7.17. The van der Waals surface area contributed by atoms with Crippen LogP contribution in [0.5, 0.6) is 0 Å². The van der Waals surface area contributed by atoms with E-state index in [1.54, 1.807) is 10.7 Å². The summed E-state index contributed by atoms with van der Waals surface area (Å²) in [7, 11) is 3.28. The van der Waals surface area contributed by atoms with Crippen molar-refractivity contribution in [1.82, 2.24) is 19.6 Å². The fraction of sp³-hybridized carbons (Fsp3) is 0.250. The summed E-state index contributed by atoms with van der Waals surface area (Å²) >= 11 is 0. The Balaban J connectivity index is 2.09. The number of fused-ring (bicyclic) bond motifs is 1. The summed E-state index contributed by atoms with van der Waals surface area (Å²) in [5.74, 6) is 0.922. The standard InChI is InChI=1S/C16H17N5O2/c1-11-18-15-12(9-14(22)23-3)10-17-21(15)16(19-11)20(2)13-7-5-4-6-8-13/h4-8,10H,9H2,1-3H3. The Morgan fingerprint density at radius 1 is 1.26 bits per heavy atom.